The second kappa shape index (κ2) is 6.01. The number of halogens is 1. The number of rotatable bonds is 1. The zero-order valence-electron chi connectivity index (χ0n) is 16.3. The summed E-state index contributed by atoms with van der Waals surface area (Å²) >= 11 is 0. The third kappa shape index (κ3) is 2.32. The topological polar surface area (TPSA) is 76.5 Å². The van der Waals surface area contributed by atoms with E-state index in [0.717, 1.165) is 19.3 Å². The molecule has 6 rings (SSSR count). The highest BCUT2D eigenvalue weighted by Crippen LogP contribution is 2.45. The average Bonchev–Trinajstić information content (AvgIpc) is 3.48. The quantitative estimate of drug-likeness (QED) is 0.531. The lowest BCUT2D eigenvalue weighted by Crippen LogP contribution is -2.33. The SMILES string of the molecule is Nc1nc2cc(F)c(C(=O)N3CCC4(CCc5ccccc54)C3)cc2n2cncc12. The maximum absolute atomic E-state index is 14.9. The van der Waals surface area contributed by atoms with Crippen LogP contribution in [-0.2, 0) is 11.8 Å². The number of fused-ring (bicyclic) bond motifs is 5. The zero-order valence-corrected chi connectivity index (χ0v) is 16.3. The van der Waals surface area contributed by atoms with E-state index in [1.54, 1.807) is 27.9 Å². The van der Waals surface area contributed by atoms with Gasteiger partial charge in [-0.3, -0.25) is 9.20 Å². The van der Waals surface area contributed by atoms with E-state index < -0.39 is 5.82 Å². The highest BCUT2D eigenvalue weighted by Gasteiger charge is 2.45. The molecular formula is C23H20FN5O. The van der Waals surface area contributed by atoms with Gasteiger partial charge in [0.1, 0.15) is 17.2 Å². The van der Waals surface area contributed by atoms with Gasteiger partial charge in [0.25, 0.3) is 5.91 Å². The molecule has 2 aromatic carbocycles. The number of carbonyl (C=O) groups excluding carboxylic acids is 1. The van der Waals surface area contributed by atoms with Gasteiger partial charge in [-0.15, -0.1) is 0 Å². The van der Waals surface area contributed by atoms with Crippen LogP contribution in [0.25, 0.3) is 16.6 Å². The van der Waals surface area contributed by atoms with Gasteiger partial charge < -0.3 is 10.6 Å². The number of amides is 1. The molecule has 2 aromatic heterocycles. The minimum atomic E-state index is -0.577. The first-order valence-corrected chi connectivity index (χ1v) is 10.1. The lowest BCUT2D eigenvalue weighted by molar-refractivity contribution is 0.0779. The minimum Gasteiger partial charge on any atom is -0.382 e. The fourth-order valence-corrected chi connectivity index (χ4v) is 5.27. The van der Waals surface area contributed by atoms with Crippen molar-refractivity contribution in [2.45, 2.75) is 24.7 Å². The number of hydrogen-bond donors (Lipinski definition) is 1. The molecular weight excluding hydrogens is 381 g/mol. The number of imidazole rings is 1. The van der Waals surface area contributed by atoms with Crippen LogP contribution in [0.5, 0.6) is 0 Å². The van der Waals surface area contributed by atoms with E-state index in [9.17, 15) is 9.18 Å². The van der Waals surface area contributed by atoms with Gasteiger partial charge in [0.05, 0.1) is 29.1 Å². The number of aromatic nitrogens is 3. The molecule has 30 heavy (non-hydrogen) atoms. The van der Waals surface area contributed by atoms with E-state index in [0.29, 0.717) is 29.6 Å². The molecule has 1 unspecified atom stereocenters. The molecule has 4 aromatic rings. The molecule has 0 bridgehead atoms. The van der Waals surface area contributed by atoms with Crippen LogP contribution in [-0.4, -0.2) is 38.3 Å². The predicted octanol–water partition coefficient (Wildman–Crippen LogP) is 3.33. The molecule has 0 saturated carbocycles. The van der Waals surface area contributed by atoms with E-state index in [-0.39, 0.29) is 22.7 Å². The van der Waals surface area contributed by atoms with Crippen molar-refractivity contribution in [3.63, 3.8) is 0 Å². The first-order valence-electron chi connectivity index (χ1n) is 10.1. The molecule has 2 N–H and O–H groups in total. The molecule has 6 nitrogen and oxygen atoms in total. The van der Waals surface area contributed by atoms with Crippen LogP contribution in [0.3, 0.4) is 0 Å². The number of anilines is 1. The monoisotopic (exact) mass is 401 g/mol. The van der Waals surface area contributed by atoms with Gasteiger partial charge in [-0.1, -0.05) is 24.3 Å². The fraction of sp³-hybridized carbons (Fsp3) is 0.261. The van der Waals surface area contributed by atoms with Crippen LogP contribution in [0.1, 0.15) is 34.3 Å². The Labute approximate surface area is 172 Å². The lowest BCUT2D eigenvalue weighted by Gasteiger charge is -2.25. The van der Waals surface area contributed by atoms with Gasteiger partial charge in [0.15, 0.2) is 0 Å². The number of likely N-dealkylation sites (tertiary alicyclic amines) is 1. The van der Waals surface area contributed by atoms with Gasteiger partial charge in [0, 0.05) is 24.6 Å². The fourth-order valence-electron chi connectivity index (χ4n) is 5.27. The zero-order chi connectivity index (χ0) is 20.5. The van der Waals surface area contributed by atoms with Gasteiger partial charge in [0.2, 0.25) is 0 Å². The minimum absolute atomic E-state index is 0.00675. The third-order valence-electron chi connectivity index (χ3n) is 6.80. The standard InChI is InChI=1S/C23H20FN5O/c24-17-10-18-19(29-13-26-11-20(29)21(25)27-18)9-15(17)22(30)28-8-7-23(12-28)6-5-14-3-1-2-4-16(14)23/h1-4,9-11,13H,5-8,12H2,(H2,25,27). The van der Waals surface area contributed by atoms with Crippen LogP contribution in [0, 0.1) is 5.82 Å². The second-order valence-corrected chi connectivity index (χ2v) is 8.38. The third-order valence-corrected chi connectivity index (χ3v) is 6.80. The van der Waals surface area contributed by atoms with E-state index in [1.807, 2.05) is 0 Å². The van der Waals surface area contributed by atoms with Crippen LogP contribution in [0.2, 0.25) is 0 Å². The van der Waals surface area contributed by atoms with Crippen molar-refractivity contribution in [2.75, 3.05) is 18.8 Å². The first-order chi connectivity index (χ1) is 14.6. The number of hydrogen-bond acceptors (Lipinski definition) is 4. The highest BCUT2D eigenvalue weighted by atomic mass is 19.1. The molecule has 1 atom stereocenters. The summed E-state index contributed by atoms with van der Waals surface area (Å²) in [6, 6.07) is 11.3. The summed E-state index contributed by atoms with van der Waals surface area (Å²) in [5.74, 6) is -0.577. The first kappa shape index (κ1) is 17.4. The normalized spacial score (nSPS) is 20.5. The van der Waals surface area contributed by atoms with Crippen molar-refractivity contribution in [3.8, 4) is 0 Å². The number of nitrogens with two attached hydrogens (primary N) is 1. The van der Waals surface area contributed by atoms with Gasteiger partial charge in [-0.2, -0.15) is 0 Å². The molecule has 7 heteroatoms. The number of benzene rings is 2. The van der Waals surface area contributed by atoms with Crippen molar-refractivity contribution >= 4 is 28.3 Å². The Hall–Kier alpha value is -3.48. The highest BCUT2D eigenvalue weighted by molar-refractivity contribution is 5.98. The summed E-state index contributed by atoms with van der Waals surface area (Å²) in [7, 11) is 0. The average molecular weight is 401 g/mol. The second-order valence-electron chi connectivity index (χ2n) is 8.38. The molecule has 2 aliphatic rings. The Morgan fingerprint density at radius 2 is 2.03 bits per heavy atom. The number of nitrogens with zero attached hydrogens (tertiary/aromatic N) is 4. The Morgan fingerprint density at radius 1 is 1.17 bits per heavy atom. The van der Waals surface area contributed by atoms with E-state index >= 15 is 0 Å². The van der Waals surface area contributed by atoms with Crippen molar-refractivity contribution in [2.24, 2.45) is 0 Å². The Balaban J connectivity index is 1.39. The summed E-state index contributed by atoms with van der Waals surface area (Å²) in [5, 5.41) is 0. The van der Waals surface area contributed by atoms with E-state index in [2.05, 4.69) is 34.2 Å². The predicted molar refractivity (Wildman–Crippen MR) is 112 cm³/mol. The summed E-state index contributed by atoms with van der Waals surface area (Å²) in [6.07, 6.45) is 6.19. The molecule has 150 valence electrons. The number of aryl methyl sites for hydroxylation is 1. The molecule has 1 amide bonds. The molecule has 3 heterocycles. The Kier molecular flexibility index (Phi) is 3.48. The van der Waals surface area contributed by atoms with E-state index in [1.165, 1.54) is 17.2 Å². The van der Waals surface area contributed by atoms with E-state index in [4.69, 9.17) is 5.73 Å². The molecule has 1 aliphatic carbocycles. The number of carbonyl (C=O) groups is 1. The van der Waals surface area contributed by atoms with Gasteiger partial charge >= 0.3 is 0 Å². The van der Waals surface area contributed by atoms with Gasteiger partial charge in [-0.25, -0.2) is 14.4 Å². The molecule has 1 aliphatic heterocycles. The molecule has 0 radical (unpaired) electrons. The maximum Gasteiger partial charge on any atom is 0.256 e. The van der Waals surface area contributed by atoms with Crippen molar-refractivity contribution in [1.29, 1.82) is 0 Å². The van der Waals surface area contributed by atoms with Crippen LogP contribution >= 0.6 is 0 Å². The molecule has 1 fully saturated rings. The van der Waals surface area contributed by atoms with Crippen LogP contribution in [0.15, 0.2) is 48.9 Å². The Bertz CT molecular complexity index is 1350. The van der Waals surface area contributed by atoms with Crippen molar-refractivity contribution in [1.82, 2.24) is 19.3 Å². The summed E-state index contributed by atoms with van der Waals surface area (Å²) in [4.78, 5) is 23.5. The molecule has 1 spiro atoms. The maximum atomic E-state index is 14.9. The largest absolute Gasteiger partial charge is 0.382 e. The van der Waals surface area contributed by atoms with Gasteiger partial charge in [-0.05, 0) is 36.5 Å². The van der Waals surface area contributed by atoms with Crippen molar-refractivity contribution in [3.05, 3.63) is 71.4 Å². The van der Waals surface area contributed by atoms with Crippen LogP contribution < -0.4 is 5.73 Å². The summed E-state index contributed by atoms with van der Waals surface area (Å²) in [6.45, 7) is 1.26. The smallest absolute Gasteiger partial charge is 0.256 e. The molecule has 1 saturated heterocycles. The number of nitrogen functional groups attached to an aromatic ring is 1. The summed E-state index contributed by atoms with van der Waals surface area (Å²) in [5.41, 5.74) is 10.4. The van der Waals surface area contributed by atoms with Crippen LogP contribution in [0.4, 0.5) is 10.2 Å². The Morgan fingerprint density at radius 3 is 2.93 bits per heavy atom. The lowest BCUT2D eigenvalue weighted by atomic mass is 9.81. The van der Waals surface area contributed by atoms with Crippen molar-refractivity contribution < 1.29 is 9.18 Å². The summed E-state index contributed by atoms with van der Waals surface area (Å²) < 4.78 is 16.7.